The second-order valence-electron chi connectivity index (χ2n) is 7.31. The zero-order valence-electron chi connectivity index (χ0n) is 15.0. The van der Waals surface area contributed by atoms with Gasteiger partial charge >= 0.3 is 0 Å². The summed E-state index contributed by atoms with van der Waals surface area (Å²) in [5.74, 6) is 1.36. The summed E-state index contributed by atoms with van der Waals surface area (Å²) in [5.41, 5.74) is 0.426. The Kier molecular flexibility index (Phi) is 4.17. The number of rotatable bonds is 4. The van der Waals surface area contributed by atoms with Crippen LogP contribution in [0.3, 0.4) is 0 Å². The first-order chi connectivity index (χ1) is 12.5. The normalized spacial score (nSPS) is 24.7. The lowest BCUT2D eigenvalue weighted by Crippen LogP contribution is -2.35. The smallest absolute Gasteiger partial charge is 0.234 e. The molecule has 1 aromatic heterocycles. The minimum Gasteiger partial charge on any atom is -0.494 e. The summed E-state index contributed by atoms with van der Waals surface area (Å²) in [6.45, 7) is 3.10. The van der Waals surface area contributed by atoms with Crippen LogP contribution in [0.2, 0.25) is 0 Å². The van der Waals surface area contributed by atoms with Crippen molar-refractivity contribution in [3.8, 4) is 5.75 Å². The first-order valence-electron chi connectivity index (χ1n) is 8.93. The second-order valence-corrected chi connectivity index (χ2v) is 7.31. The Morgan fingerprint density at radius 1 is 1.50 bits per heavy atom. The maximum Gasteiger partial charge on any atom is 0.234 e. The number of carbonyl (C=O) groups excluding carboxylic acids is 1. The molecular formula is C19H22FN3O3. The number of ether oxygens (including phenoxy) is 1. The number of fused-ring (bicyclic) bond motifs is 1. The van der Waals surface area contributed by atoms with Crippen LogP contribution < -0.4 is 4.74 Å². The monoisotopic (exact) mass is 359 g/mol. The first kappa shape index (κ1) is 17.0. The third kappa shape index (κ3) is 2.75. The molecular weight excluding hydrogens is 337 g/mol. The van der Waals surface area contributed by atoms with Crippen molar-refractivity contribution < 1.29 is 18.4 Å². The van der Waals surface area contributed by atoms with E-state index in [1.165, 1.54) is 13.2 Å². The summed E-state index contributed by atoms with van der Waals surface area (Å²) in [6.07, 6.45) is 3.30. The average Bonchev–Trinajstić information content (AvgIpc) is 3.28. The van der Waals surface area contributed by atoms with Gasteiger partial charge in [0.25, 0.3) is 0 Å². The zero-order chi connectivity index (χ0) is 18.3. The van der Waals surface area contributed by atoms with E-state index in [0.717, 1.165) is 19.3 Å². The Hall–Kier alpha value is -2.44. The summed E-state index contributed by atoms with van der Waals surface area (Å²) < 4.78 is 24.3. The topological polar surface area (TPSA) is 68.5 Å². The lowest BCUT2D eigenvalue weighted by molar-refractivity contribution is -0.129. The molecule has 2 atom stereocenters. The van der Waals surface area contributed by atoms with Crippen LogP contribution in [0.25, 0.3) is 0 Å². The number of hydrogen-bond acceptors (Lipinski definition) is 5. The molecule has 1 amide bonds. The molecule has 1 saturated carbocycles. The van der Waals surface area contributed by atoms with E-state index in [-0.39, 0.29) is 23.5 Å². The molecule has 6 nitrogen and oxygen atoms in total. The molecule has 2 heterocycles. The fourth-order valence-corrected chi connectivity index (χ4v) is 4.43. The van der Waals surface area contributed by atoms with Crippen LogP contribution in [-0.4, -0.2) is 41.1 Å². The molecule has 1 aromatic carbocycles. The SMILES string of the molecule is COc1ccc(CC(=O)N2C[C@@H]3CCC[C@]3(c3nc(C)no3)C2)cc1F. The minimum atomic E-state index is -0.450. The number of nitrogens with zero attached hydrogens (tertiary/aromatic N) is 3. The Labute approximate surface area is 151 Å². The molecule has 0 N–H and O–H groups in total. The quantitative estimate of drug-likeness (QED) is 0.839. The van der Waals surface area contributed by atoms with Crippen molar-refractivity contribution in [2.24, 2.45) is 5.92 Å². The molecule has 7 heteroatoms. The van der Waals surface area contributed by atoms with Crippen LogP contribution in [0, 0.1) is 18.7 Å². The van der Waals surface area contributed by atoms with E-state index in [4.69, 9.17) is 9.26 Å². The van der Waals surface area contributed by atoms with Gasteiger partial charge in [-0.2, -0.15) is 4.98 Å². The molecule has 26 heavy (non-hydrogen) atoms. The predicted molar refractivity (Wildman–Crippen MR) is 91.3 cm³/mol. The van der Waals surface area contributed by atoms with Gasteiger partial charge < -0.3 is 14.2 Å². The Morgan fingerprint density at radius 2 is 2.35 bits per heavy atom. The number of amides is 1. The molecule has 0 bridgehead atoms. The van der Waals surface area contributed by atoms with Crippen molar-refractivity contribution in [3.63, 3.8) is 0 Å². The highest BCUT2D eigenvalue weighted by Crippen LogP contribution is 2.50. The molecule has 138 valence electrons. The molecule has 2 aromatic rings. The molecule has 4 rings (SSSR count). The number of aryl methyl sites for hydroxylation is 1. The first-order valence-corrected chi connectivity index (χ1v) is 8.93. The number of hydrogen-bond donors (Lipinski definition) is 0. The molecule has 2 fully saturated rings. The van der Waals surface area contributed by atoms with Crippen molar-refractivity contribution in [1.82, 2.24) is 15.0 Å². The lowest BCUT2D eigenvalue weighted by Gasteiger charge is -2.24. The number of aromatic nitrogens is 2. The second kappa shape index (κ2) is 6.37. The predicted octanol–water partition coefficient (Wildman–Crippen LogP) is 2.65. The third-order valence-electron chi connectivity index (χ3n) is 5.75. The van der Waals surface area contributed by atoms with Crippen LogP contribution in [0.1, 0.15) is 36.5 Å². The maximum absolute atomic E-state index is 13.9. The molecule has 0 spiro atoms. The fourth-order valence-electron chi connectivity index (χ4n) is 4.43. The van der Waals surface area contributed by atoms with Crippen LogP contribution in [0.5, 0.6) is 5.75 Å². The highest BCUT2D eigenvalue weighted by Gasteiger charge is 2.55. The van der Waals surface area contributed by atoms with Gasteiger partial charge in [0.15, 0.2) is 17.4 Å². The van der Waals surface area contributed by atoms with Crippen LogP contribution >= 0.6 is 0 Å². The number of halogens is 1. The summed E-state index contributed by atoms with van der Waals surface area (Å²) in [4.78, 5) is 19.1. The zero-order valence-corrected chi connectivity index (χ0v) is 15.0. The maximum atomic E-state index is 13.9. The number of carbonyl (C=O) groups is 1. The van der Waals surface area contributed by atoms with Gasteiger partial charge in [-0.3, -0.25) is 4.79 Å². The van der Waals surface area contributed by atoms with Crippen molar-refractivity contribution in [3.05, 3.63) is 41.3 Å². The van der Waals surface area contributed by atoms with Crippen LogP contribution in [0.15, 0.2) is 22.7 Å². The van der Waals surface area contributed by atoms with Gasteiger partial charge in [-0.05, 0) is 43.4 Å². The summed E-state index contributed by atoms with van der Waals surface area (Å²) in [7, 11) is 1.42. The Balaban J connectivity index is 1.51. The Morgan fingerprint density at radius 3 is 3.04 bits per heavy atom. The van der Waals surface area contributed by atoms with Crippen molar-refractivity contribution >= 4 is 5.91 Å². The summed E-state index contributed by atoms with van der Waals surface area (Å²) >= 11 is 0. The Bertz CT molecular complexity index is 837. The van der Waals surface area contributed by atoms with E-state index >= 15 is 0 Å². The summed E-state index contributed by atoms with van der Waals surface area (Å²) in [5, 5.41) is 3.94. The van der Waals surface area contributed by atoms with Crippen molar-refractivity contribution in [2.75, 3.05) is 20.2 Å². The van der Waals surface area contributed by atoms with Crippen LogP contribution in [-0.2, 0) is 16.6 Å². The highest BCUT2D eigenvalue weighted by molar-refractivity contribution is 5.79. The van der Waals surface area contributed by atoms with E-state index in [1.807, 2.05) is 11.8 Å². The lowest BCUT2D eigenvalue weighted by atomic mass is 9.80. The van der Waals surface area contributed by atoms with E-state index in [9.17, 15) is 9.18 Å². The largest absolute Gasteiger partial charge is 0.494 e. The van der Waals surface area contributed by atoms with Gasteiger partial charge in [-0.25, -0.2) is 4.39 Å². The third-order valence-corrected chi connectivity index (χ3v) is 5.75. The van der Waals surface area contributed by atoms with Gasteiger partial charge in [-0.15, -0.1) is 0 Å². The standard InChI is InChI=1S/C19H22FN3O3/c1-12-21-18(26-22-12)19-7-3-4-14(19)10-23(11-19)17(24)9-13-5-6-16(25-2)15(20)8-13/h5-6,8,14H,3-4,7,9-11H2,1-2H3/t14-,19-/m0/s1. The van der Waals surface area contributed by atoms with Gasteiger partial charge in [-0.1, -0.05) is 17.6 Å². The molecule has 1 aliphatic heterocycles. The molecule has 1 aliphatic carbocycles. The average molecular weight is 359 g/mol. The molecule has 0 unspecified atom stereocenters. The van der Waals surface area contributed by atoms with Gasteiger partial charge in [0, 0.05) is 13.1 Å². The minimum absolute atomic E-state index is 0.000390. The van der Waals surface area contributed by atoms with Crippen LogP contribution in [0.4, 0.5) is 4.39 Å². The van der Waals surface area contributed by atoms with E-state index in [1.54, 1.807) is 12.1 Å². The number of benzene rings is 1. The molecule has 0 radical (unpaired) electrons. The molecule has 1 saturated heterocycles. The van der Waals surface area contributed by atoms with Crippen molar-refractivity contribution in [1.29, 1.82) is 0 Å². The van der Waals surface area contributed by atoms with Gasteiger partial charge in [0.2, 0.25) is 11.8 Å². The highest BCUT2D eigenvalue weighted by atomic mass is 19.1. The van der Waals surface area contributed by atoms with Gasteiger partial charge in [0.1, 0.15) is 0 Å². The van der Waals surface area contributed by atoms with E-state index in [0.29, 0.717) is 36.3 Å². The number of likely N-dealkylation sites (tertiary alicyclic amines) is 1. The number of methoxy groups -OCH3 is 1. The fraction of sp³-hybridized carbons (Fsp3) is 0.526. The van der Waals surface area contributed by atoms with E-state index < -0.39 is 5.82 Å². The molecule has 2 aliphatic rings. The van der Waals surface area contributed by atoms with Crippen molar-refractivity contribution in [2.45, 2.75) is 38.0 Å². The van der Waals surface area contributed by atoms with E-state index in [2.05, 4.69) is 10.1 Å². The summed E-state index contributed by atoms with van der Waals surface area (Å²) in [6, 6.07) is 4.65. The van der Waals surface area contributed by atoms with Gasteiger partial charge in [0.05, 0.1) is 18.9 Å².